The molecule has 0 aliphatic heterocycles. The highest BCUT2D eigenvalue weighted by molar-refractivity contribution is 5.76. The second kappa shape index (κ2) is 5.05. The van der Waals surface area contributed by atoms with Crippen molar-refractivity contribution in [2.75, 3.05) is 5.32 Å². The van der Waals surface area contributed by atoms with Gasteiger partial charge in [0.2, 0.25) is 0 Å². The van der Waals surface area contributed by atoms with Crippen LogP contribution in [-0.2, 0) is 19.0 Å². The Bertz CT molecular complexity index is 864. The number of fused-ring (bicyclic) bond motifs is 1. The Labute approximate surface area is 128 Å². The number of aryl methyl sites for hydroxylation is 1. The van der Waals surface area contributed by atoms with Gasteiger partial charge in [0.1, 0.15) is 0 Å². The van der Waals surface area contributed by atoms with E-state index in [1.54, 1.807) is 6.07 Å². The summed E-state index contributed by atoms with van der Waals surface area (Å²) < 4.78 is 6.84. The lowest BCUT2D eigenvalue weighted by atomic mass is 9.89. The van der Waals surface area contributed by atoms with Crippen LogP contribution in [-0.4, -0.2) is 14.8 Å². The molecule has 0 fully saturated rings. The van der Waals surface area contributed by atoms with Crippen molar-refractivity contribution in [2.24, 2.45) is 7.05 Å². The smallest absolute Gasteiger partial charge is 0.408 e. The van der Waals surface area contributed by atoms with E-state index in [0.717, 1.165) is 16.9 Å². The first-order valence-corrected chi connectivity index (χ1v) is 7.23. The van der Waals surface area contributed by atoms with Gasteiger partial charge in [-0.3, -0.25) is 9.67 Å². The lowest BCUT2D eigenvalue weighted by Crippen LogP contribution is -2.16. The normalized spacial score (nSPS) is 12.0. The van der Waals surface area contributed by atoms with Crippen LogP contribution in [0.4, 0.5) is 5.69 Å². The summed E-state index contributed by atoms with van der Waals surface area (Å²) in [5, 5.41) is 7.93. The van der Waals surface area contributed by atoms with Gasteiger partial charge in [0.05, 0.1) is 11.2 Å². The van der Waals surface area contributed by atoms with Crippen molar-refractivity contribution in [1.82, 2.24) is 14.8 Å². The second-order valence-corrected chi connectivity index (χ2v) is 6.51. The molecule has 0 spiro atoms. The van der Waals surface area contributed by atoms with Crippen LogP contribution < -0.4 is 11.1 Å². The number of hydrogen-bond acceptors (Lipinski definition) is 4. The fourth-order valence-corrected chi connectivity index (χ4v) is 2.56. The first kappa shape index (κ1) is 14.4. The van der Waals surface area contributed by atoms with Gasteiger partial charge in [0, 0.05) is 36.5 Å². The van der Waals surface area contributed by atoms with E-state index >= 15 is 0 Å². The molecule has 0 saturated carbocycles. The van der Waals surface area contributed by atoms with Crippen LogP contribution >= 0.6 is 0 Å². The predicted molar refractivity (Wildman–Crippen MR) is 86.1 cm³/mol. The zero-order chi connectivity index (χ0) is 15.9. The van der Waals surface area contributed by atoms with Crippen molar-refractivity contribution >= 4 is 16.8 Å². The maximum Gasteiger partial charge on any atom is 0.417 e. The molecular weight excluding hydrogens is 280 g/mol. The summed E-state index contributed by atoms with van der Waals surface area (Å²) in [6, 6.07) is 5.54. The highest BCUT2D eigenvalue weighted by Gasteiger charge is 2.21. The van der Waals surface area contributed by atoms with Crippen LogP contribution in [0.2, 0.25) is 0 Å². The number of aromatic nitrogens is 3. The third kappa shape index (κ3) is 2.77. The molecule has 6 nitrogen and oxygen atoms in total. The van der Waals surface area contributed by atoms with Crippen molar-refractivity contribution < 1.29 is 4.42 Å². The lowest BCUT2D eigenvalue weighted by molar-refractivity contribution is 0.549. The minimum Gasteiger partial charge on any atom is -0.408 e. The molecule has 0 atom stereocenters. The zero-order valence-corrected chi connectivity index (χ0v) is 13.2. The largest absolute Gasteiger partial charge is 0.417 e. The number of oxazole rings is 1. The first-order chi connectivity index (χ1) is 10.3. The molecule has 0 bridgehead atoms. The minimum absolute atomic E-state index is 0.00196. The van der Waals surface area contributed by atoms with Gasteiger partial charge < -0.3 is 9.73 Å². The highest BCUT2D eigenvalue weighted by Crippen LogP contribution is 2.25. The predicted octanol–water partition coefficient (Wildman–Crippen LogP) is 2.76. The van der Waals surface area contributed by atoms with Gasteiger partial charge in [-0.1, -0.05) is 20.8 Å². The Morgan fingerprint density at radius 1 is 1.36 bits per heavy atom. The Balaban J connectivity index is 1.83. The molecule has 2 N–H and O–H groups in total. The van der Waals surface area contributed by atoms with Crippen LogP contribution in [0.1, 0.15) is 32.0 Å². The van der Waals surface area contributed by atoms with Gasteiger partial charge in [0.15, 0.2) is 5.58 Å². The summed E-state index contributed by atoms with van der Waals surface area (Å²) in [6.07, 6.45) is 2.03. The molecule has 6 heteroatoms. The molecule has 0 unspecified atom stereocenters. The van der Waals surface area contributed by atoms with Crippen LogP contribution in [0.5, 0.6) is 0 Å². The van der Waals surface area contributed by atoms with Gasteiger partial charge in [-0.05, 0) is 18.2 Å². The van der Waals surface area contributed by atoms with Crippen molar-refractivity contribution in [3.8, 4) is 0 Å². The maximum absolute atomic E-state index is 11.2. The summed E-state index contributed by atoms with van der Waals surface area (Å²) in [5.41, 5.74) is 4.42. The number of hydrogen-bond donors (Lipinski definition) is 2. The Morgan fingerprint density at radius 2 is 2.14 bits per heavy atom. The molecule has 2 heterocycles. The Morgan fingerprint density at radius 3 is 2.86 bits per heavy atom. The van der Waals surface area contributed by atoms with Crippen LogP contribution in [0.15, 0.2) is 33.6 Å². The summed E-state index contributed by atoms with van der Waals surface area (Å²) in [5.74, 6) is -0.436. The molecule has 0 saturated heterocycles. The van der Waals surface area contributed by atoms with Crippen molar-refractivity contribution in [1.29, 1.82) is 0 Å². The van der Waals surface area contributed by atoms with E-state index in [-0.39, 0.29) is 5.41 Å². The molecule has 0 amide bonds. The van der Waals surface area contributed by atoms with Gasteiger partial charge in [-0.25, -0.2) is 4.79 Å². The molecule has 2 aromatic heterocycles. The quantitative estimate of drug-likeness (QED) is 0.780. The average molecular weight is 300 g/mol. The number of H-pyrrole nitrogens is 1. The van der Waals surface area contributed by atoms with E-state index in [0.29, 0.717) is 17.6 Å². The molecule has 3 rings (SSSR count). The number of anilines is 1. The number of nitrogens with zero attached hydrogens (tertiary/aromatic N) is 2. The van der Waals surface area contributed by atoms with Crippen molar-refractivity contribution in [3.63, 3.8) is 0 Å². The third-order valence-electron chi connectivity index (χ3n) is 3.52. The Hall–Kier alpha value is -2.50. The molecule has 116 valence electrons. The summed E-state index contributed by atoms with van der Waals surface area (Å²) in [6.45, 7) is 7.14. The van der Waals surface area contributed by atoms with Crippen LogP contribution in [0.3, 0.4) is 0 Å². The minimum atomic E-state index is -0.436. The van der Waals surface area contributed by atoms with Gasteiger partial charge >= 0.3 is 5.76 Å². The van der Waals surface area contributed by atoms with E-state index < -0.39 is 5.76 Å². The first-order valence-electron chi connectivity index (χ1n) is 7.23. The standard InChI is InChI=1S/C16H20N4O2/c1-16(2,3)14-10(9-20(4)19-14)8-17-11-5-6-13-12(7-11)18-15(21)22-13/h5-7,9,17H,8H2,1-4H3,(H,18,21). The monoisotopic (exact) mass is 300 g/mol. The summed E-state index contributed by atoms with van der Waals surface area (Å²) >= 11 is 0. The SMILES string of the molecule is Cn1cc(CNc2ccc3oc(=O)[nH]c3c2)c(C(C)(C)C)n1. The fourth-order valence-electron chi connectivity index (χ4n) is 2.56. The molecule has 22 heavy (non-hydrogen) atoms. The van der Waals surface area contributed by atoms with E-state index in [1.807, 2.05) is 30.1 Å². The number of aromatic amines is 1. The molecule has 1 aromatic carbocycles. The summed E-state index contributed by atoms with van der Waals surface area (Å²) in [4.78, 5) is 13.8. The van der Waals surface area contributed by atoms with Crippen molar-refractivity contribution in [2.45, 2.75) is 32.7 Å². The topological polar surface area (TPSA) is 75.8 Å². The third-order valence-corrected chi connectivity index (χ3v) is 3.52. The van der Waals surface area contributed by atoms with Crippen LogP contribution in [0, 0.1) is 0 Å². The van der Waals surface area contributed by atoms with E-state index in [1.165, 1.54) is 0 Å². The lowest BCUT2D eigenvalue weighted by Gasteiger charge is -2.17. The van der Waals surface area contributed by atoms with E-state index in [4.69, 9.17) is 4.42 Å². The molecule has 0 aliphatic rings. The number of benzene rings is 1. The van der Waals surface area contributed by atoms with Crippen molar-refractivity contribution in [3.05, 3.63) is 46.2 Å². The Kier molecular flexibility index (Phi) is 3.31. The molecular formula is C16H20N4O2. The molecule has 0 radical (unpaired) electrons. The van der Waals surface area contributed by atoms with E-state index in [9.17, 15) is 4.79 Å². The van der Waals surface area contributed by atoms with Crippen LogP contribution in [0.25, 0.3) is 11.1 Å². The number of nitrogens with one attached hydrogen (secondary N) is 2. The fraction of sp³-hybridized carbons (Fsp3) is 0.375. The van der Waals surface area contributed by atoms with E-state index in [2.05, 4.69) is 36.2 Å². The highest BCUT2D eigenvalue weighted by atomic mass is 16.4. The van der Waals surface area contributed by atoms with Gasteiger partial charge in [-0.2, -0.15) is 5.10 Å². The number of rotatable bonds is 3. The maximum atomic E-state index is 11.2. The van der Waals surface area contributed by atoms with Gasteiger partial charge in [-0.15, -0.1) is 0 Å². The van der Waals surface area contributed by atoms with Gasteiger partial charge in [0.25, 0.3) is 0 Å². The molecule has 3 aromatic rings. The molecule has 0 aliphatic carbocycles. The summed E-state index contributed by atoms with van der Waals surface area (Å²) in [7, 11) is 1.93. The second-order valence-electron chi connectivity index (χ2n) is 6.51. The zero-order valence-electron chi connectivity index (χ0n) is 13.2. The average Bonchev–Trinajstić information content (AvgIpc) is 2.97.